The fourth-order valence-corrected chi connectivity index (χ4v) is 3.07. The molecule has 0 bridgehead atoms. The minimum Gasteiger partial charge on any atom is -0.367 e. The summed E-state index contributed by atoms with van der Waals surface area (Å²) in [6.45, 7) is 2.95. The molecule has 0 aliphatic carbocycles. The largest absolute Gasteiger partial charge is 0.416 e. The molecule has 1 N–H and O–H groups in total. The van der Waals surface area contributed by atoms with Gasteiger partial charge in [-0.1, -0.05) is 0 Å². The van der Waals surface area contributed by atoms with E-state index in [2.05, 4.69) is 10.2 Å². The second-order valence-corrected chi connectivity index (χ2v) is 6.78. The number of halogens is 3. The molecule has 1 saturated heterocycles. The third-order valence-electron chi connectivity index (χ3n) is 4.76. The van der Waals surface area contributed by atoms with Crippen molar-refractivity contribution in [3.05, 3.63) is 63.7 Å². The molecule has 3 rings (SSSR count). The predicted octanol–water partition coefficient (Wildman–Crippen LogP) is 3.62. The van der Waals surface area contributed by atoms with Crippen LogP contribution in [0.2, 0.25) is 0 Å². The number of likely N-dealkylation sites (N-methyl/N-ethyl adjacent to an activating group) is 1. The van der Waals surface area contributed by atoms with E-state index in [0.29, 0.717) is 18.8 Å². The lowest BCUT2D eigenvalue weighted by molar-refractivity contribution is -0.384. The van der Waals surface area contributed by atoms with Gasteiger partial charge in [-0.05, 0) is 37.4 Å². The van der Waals surface area contributed by atoms with Crippen molar-refractivity contribution < 1.29 is 22.9 Å². The van der Waals surface area contributed by atoms with Gasteiger partial charge in [0, 0.05) is 43.9 Å². The Bertz CT molecular complexity index is 908. The van der Waals surface area contributed by atoms with E-state index in [1.54, 1.807) is 6.07 Å². The van der Waals surface area contributed by atoms with Crippen LogP contribution in [0.25, 0.3) is 0 Å². The van der Waals surface area contributed by atoms with Crippen molar-refractivity contribution in [3.63, 3.8) is 0 Å². The van der Waals surface area contributed by atoms with Crippen LogP contribution in [0.1, 0.15) is 15.9 Å². The quantitative estimate of drug-likeness (QED) is 0.618. The van der Waals surface area contributed by atoms with E-state index in [1.807, 2.05) is 11.9 Å². The molecule has 2 aromatic rings. The van der Waals surface area contributed by atoms with Crippen molar-refractivity contribution in [1.29, 1.82) is 0 Å². The third kappa shape index (κ3) is 4.83. The smallest absolute Gasteiger partial charge is 0.367 e. The molecule has 1 aliphatic heterocycles. The van der Waals surface area contributed by atoms with E-state index >= 15 is 0 Å². The highest BCUT2D eigenvalue weighted by Gasteiger charge is 2.30. The van der Waals surface area contributed by atoms with Crippen LogP contribution in [0.15, 0.2) is 42.5 Å². The average molecular weight is 408 g/mol. The number of piperazine rings is 1. The highest BCUT2D eigenvalue weighted by atomic mass is 19.4. The minimum atomic E-state index is -4.50. The van der Waals surface area contributed by atoms with Crippen molar-refractivity contribution in [1.82, 2.24) is 4.90 Å². The van der Waals surface area contributed by atoms with Crippen LogP contribution in [-0.4, -0.2) is 49.0 Å². The van der Waals surface area contributed by atoms with Gasteiger partial charge in [0.25, 0.3) is 11.6 Å². The molecule has 7 nitrogen and oxygen atoms in total. The Morgan fingerprint density at radius 3 is 2.24 bits per heavy atom. The lowest BCUT2D eigenvalue weighted by Gasteiger charge is -2.35. The van der Waals surface area contributed by atoms with Crippen LogP contribution < -0.4 is 10.2 Å². The summed E-state index contributed by atoms with van der Waals surface area (Å²) >= 11 is 0. The molecule has 1 amide bonds. The monoisotopic (exact) mass is 408 g/mol. The van der Waals surface area contributed by atoms with E-state index in [-0.39, 0.29) is 16.9 Å². The highest BCUT2D eigenvalue weighted by Crippen LogP contribution is 2.32. The first-order valence-corrected chi connectivity index (χ1v) is 8.85. The Labute approximate surface area is 164 Å². The first-order chi connectivity index (χ1) is 13.6. The van der Waals surface area contributed by atoms with Crippen molar-refractivity contribution in [2.75, 3.05) is 43.4 Å². The van der Waals surface area contributed by atoms with Crippen LogP contribution in [0.5, 0.6) is 0 Å². The number of hydrogen-bond donors (Lipinski definition) is 1. The zero-order chi connectivity index (χ0) is 21.2. The average Bonchev–Trinajstić information content (AvgIpc) is 2.68. The molecule has 1 heterocycles. The normalized spacial score (nSPS) is 15.2. The highest BCUT2D eigenvalue weighted by molar-refractivity contribution is 6.06. The van der Waals surface area contributed by atoms with Gasteiger partial charge in [0.1, 0.15) is 0 Å². The van der Waals surface area contributed by atoms with Crippen molar-refractivity contribution >= 4 is 23.0 Å². The summed E-state index contributed by atoms with van der Waals surface area (Å²) in [7, 11) is 1.99. The Hall–Kier alpha value is -3.14. The Kier molecular flexibility index (Phi) is 5.73. The van der Waals surface area contributed by atoms with Crippen LogP contribution in [0.4, 0.5) is 30.2 Å². The Morgan fingerprint density at radius 1 is 1.07 bits per heavy atom. The van der Waals surface area contributed by atoms with Crippen LogP contribution in [0.3, 0.4) is 0 Å². The topological polar surface area (TPSA) is 78.7 Å². The molecule has 0 unspecified atom stereocenters. The lowest BCUT2D eigenvalue weighted by atomic mass is 10.1. The van der Waals surface area contributed by atoms with Crippen LogP contribution in [0, 0.1) is 10.1 Å². The number of non-ortho nitro benzene ring substituents is 1. The molecule has 154 valence electrons. The van der Waals surface area contributed by atoms with Crippen molar-refractivity contribution in [3.8, 4) is 0 Å². The van der Waals surface area contributed by atoms with Gasteiger partial charge in [-0.15, -0.1) is 0 Å². The molecular weight excluding hydrogens is 389 g/mol. The van der Waals surface area contributed by atoms with Crippen LogP contribution in [-0.2, 0) is 6.18 Å². The van der Waals surface area contributed by atoms with E-state index in [1.165, 1.54) is 12.1 Å². The second kappa shape index (κ2) is 8.08. The molecule has 1 aliphatic rings. The fraction of sp³-hybridized carbons (Fsp3) is 0.316. The maximum atomic E-state index is 12.7. The number of nitrogens with zero attached hydrogens (tertiary/aromatic N) is 3. The van der Waals surface area contributed by atoms with Gasteiger partial charge in [-0.2, -0.15) is 13.2 Å². The number of nitro benzene ring substituents is 1. The minimum absolute atomic E-state index is 0.0221. The number of alkyl halides is 3. The van der Waals surface area contributed by atoms with E-state index < -0.39 is 22.6 Å². The molecule has 1 fully saturated rings. The Morgan fingerprint density at radius 2 is 1.69 bits per heavy atom. The summed E-state index contributed by atoms with van der Waals surface area (Å²) < 4.78 is 38.1. The fourth-order valence-electron chi connectivity index (χ4n) is 3.07. The number of hydrogen-bond acceptors (Lipinski definition) is 5. The zero-order valence-corrected chi connectivity index (χ0v) is 15.6. The lowest BCUT2D eigenvalue weighted by Crippen LogP contribution is -2.44. The summed E-state index contributed by atoms with van der Waals surface area (Å²) in [4.78, 5) is 27.3. The number of rotatable bonds is 4. The predicted molar refractivity (Wildman–Crippen MR) is 102 cm³/mol. The molecule has 0 spiro atoms. The van der Waals surface area contributed by atoms with E-state index in [9.17, 15) is 28.1 Å². The van der Waals surface area contributed by atoms with E-state index in [4.69, 9.17) is 0 Å². The summed E-state index contributed by atoms with van der Waals surface area (Å²) in [5, 5.41) is 13.7. The summed E-state index contributed by atoms with van der Waals surface area (Å²) in [5.74, 6) is -0.644. The summed E-state index contributed by atoms with van der Waals surface area (Å²) in [6.07, 6.45) is -4.50. The molecule has 0 aromatic heterocycles. The Balaban J connectivity index is 1.87. The third-order valence-corrected chi connectivity index (χ3v) is 4.76. The van der Waals surface area contributed by atoms with Gasteiger partial charge < -0.3 is 15.1 Å². The van der Waals surface area contributed by atoms with Gasteiger partial charge in [0.15, 0.2) is 0 Å². The number of anilines is 2. The molecule has 0 radical (unpaired) electrons. The molecule has 0 atom stereocenters. The maximum Gasteiger partial charge on any atom is 0.416 e. The van der Waals surface area contributed by atoms with Gasteiger partial charge in [0.05, 0.1) is 21.9 Å². The molecule has 29 heavy (non-hydrogen) atoms. The summed E-state index contributed by atoms with van der Waals surface area (Å²) in [5.41, 5.74) is -0.153. The van der Waals surface area contributed by atoms with Gasteiger partial charge in [0.2, 0.25) is 0 Å². The number of nitrogens with one attached hydrogen (secondary N) is 1. The first kappa shape index (κ1) is 20.6. The number of carbonyl (C=O) groups is 1. The van der Waals surface area contributed by atoms with Gasteiger partial charge in [-0.25, -0.2) is 0 Å². The van der Waals surface area contributed by atoms with Gasteiger partial charge in [-0.3, -0.25) is 14.9 Å². The second-order valence-electron chi connectivity index (χ2n) is 6.78. The zero-order valence-electron chi connectivity index (χ0n) is 15.6. The van der Waals surface area contributed by atoms with E-state index in [0.717, 1.165) is 37.4 Å². The number of nitro groups is 1. The van der Waals surface area contributed by atoms with Crippen molar-refractivity contribution in [2.24, 2.45) is 0 Å². The molecular formula is C19H19F3N4O3. The van der Waals surface area contributed by atoms with Crippen molar-refractivity contribution in [2.45, 2.75) is 6.18 Å². The molecule has 0 saturated carbocycles. The first-order valence-electron chi connectivity index (χ1n) is 8.85. The van der Waals surface area contributed by atoms with Gasteiger partial charge >= 0.3 is 6.18 Å². The molecule has 10 heteroatoms. The SMILES string of the molecule is CN1CCN(c2ccc([N+](=O)[O-])cc2NC(=O)c2ccc(C(F)(F)F)cc2)CC1. The number of benzene rings is 2. The number of carbonyl (C=O) groups excluding carboxylic acids is 1. The summed E-state index contributed by atoms with van der Waals surface area (Å²) in [6, 6.07) is 7.99. The number of amides is 1. The molecule has 2 aromatic carbocycles. The standard InChI is InChI=1S/C19H19F3N4O3/c1-24-8-10-25(11-9-24)17-7-6-15(26(28)29)12-16(17)23-18(27)13-2-4-14(5-3-13)19(20,21)22/h2-7,12H,8-11H2,1H3,(H,23,27). The van der Waals surface area contributed by atoms with Crippen LogP contribution >= 0.6 is 0 Å². The maximum absolute atomic E-state index is 12.7.